The molecule has 4 aromatic rings. The Morgan fingerprint density at radius 1 is 1.18 bits per heavy atom. The highest BCUT2D eigenvalue weighted by Gasteiger charge is 2.20. The van der Waals surface area contributed by atoms with Crippen molar-refractivity contribution in [2.24, 2.45) is 0 Å². The molecular weight excluding hydrogens is 427 g/mol. The van der Waals surface area contributed by atoms with Crippen molar-refractivity contribution in [3.05, 3.63) is 76.5 Å². The smallest absolute Gasteiger partial charge is 0.336 e. The summed E-state index contributed by atoms with van der Waals surface area (Å²) in [5, 5.41) is 7.21. The minimum Gasteiger partial charge on any atom is -0.496 e. The molecule has 1 aliphatic rings. The maximum Gasteiger partial charge on any atom is 0.336 e. The van der Waals surface area contributed by atoms with Crippen molar-refractivity contribution >= 4 is 22.6 Å². The van der Waals surface area contributed by atoms with Gasteiger partial charge in [-0.25, -0.2) is 19.2 Å². The number of hydrogen-bond donors (Lipinski definition) is 2. The number of anilines is 2. The minimum atomic E-state index is -0.439. The minimum absolute atomic E-state index is 0.213. The van der Waals surface area contributed by atoms with Gasteiger partial charge in [0.15, 0.2) is 0 Å². The number of nitrogens with zero attached hydrogens (tertiary/aromatic N) is 2. The predicted molar refractivity (Wildman–Crippen MR) is 121 cm³/mol. The van der Waals surface area contributed by atoms with Crippen LogP contribution in [0, 0.1) is 5.82 Å². The molecule has 1 aliphatic heterocycles. The Morgan fingerprint density at radius 2 is 2.09 bits per heavy atom. The second-order valence-corrected chi connectivity index (χ2v) is 7.53. The van der Waals surface area contributed by atoms with Crippen molar-refractivity contribution in [3.63, 3.8) is 0 Å². The molecule has 0 spiro atoms. The van der Waals surface area contributed by atoms with E-state index >= 15 is 0 Å². The molecule has 0 radical (unpaired) electrons. The molecule has 1 fully saturated rings. The van der Waals surface area contributed by atoms with Crippen molar-refractivity contribution in [2.75, 3.05) is 32.1 Å². The molecule has 168 valence electrons. The lowest BCUT2D eigenvalue weighted by Gasteiger charge is -2.24. The van der Waals surface area contributed by atoms with Gasteiger partial charge in [-0.3, -0.25) is 0 Å². The summed E-state index contributed by atoms with van der Waals surface area (Å²) in [5.74, 6) is 0.310. The number of ether oxygens (including phenoxy) is 2. The van der Waals surface area contributed by atoms with Crippen LogP contribution in [0.25, 0.3) is 22.2 Å². The molecule has 0 saturated carbocycles. The summed E-state index contributed by atoms with van der Waals surface area (Å²) in [6.07, 6.45) is 1.38. The highest BCUT2D eigenvalue weighted by Crippen LogP contribution is 2.31. The Hall–Kier alpha value is -3.82. The van der Waals surface area contributed by atoms with E-state index in [-0.39, 0.29) is 6.10 Å². The third-order valence-corrected chi connectivity index (χ3v) is 5.40. The molecule has 8 nitrogen and oxygen atoms in total. The fraction of sp³-hybridized carbons (Fsp3) is 0.208. The maximum absolute atomic E-state index is 13.6. The predicted octanol–water partition coefficient (Wildman–Crippen LogP) is 3.80. The monoisotopic (exact) mass is 448 g/mol. The van der Waals surface area contributed by atoms with Crippen LogP contribution in [0.5, 0.6) is 5.75 Å². The number of fused-ring (bicyclic) bond motifs is 1. The molecule has 2 aromatic heterocycles. The largest absolute Gasteiger partial charge is 0.496 e. The van der Waals surface area contributed by atoms with E-state index in [1.807, 2.05) is 12.1 Å². The van der Waals surface area contributed by atoms with Gasteiger partial charge in [-0.1, -0.05) is 0 Å². The molecule has 0 aliphatic carbocycles. The van der Waals surface area contributed by atoms with Crippen molar-refractivity contribution in [1.82, 2.24) is 15.3 Å². The summed E-state index contributed by atoms with van der Waals surface area (Å²) in [6.45, 7) is 2.00. The Kier molecular flexibility index (Phi) is 5.72. The third kappa shape index (κ3) is 4.41. The van der Waals surface area contributed by atoms with E-state index in [1.165, 1.54) is 25.3 Å². The molecule has 9 heteroatoms. The van der Waals surface area contributed by atoms with Gasteiger partial charge in [-0.15, -0.1) is 0 Å². The lowest BCUT2D eigenvalue weighted by molar-refractivity contribution is 0.0283. The molecule has 33 heavy (non-hydrogen) atoms. The second kappa shape index (κ2) is 8.97. The Labute approximate surface area is 188 Å². The number of morpholine rings is 1. The first kappa shape index (κ1) is 21.0. The molecule has 2 aromatic carbocycles. The Balaban J connectivity index is 1.46. The Bertz CT molecular complexity index is 1370. The zero-order valence-electron chi connectivity index (χ0n) is 17.8. The normalized spacial score (nSPS) is 16.0. The zero-order chi connectivity index (χ0) is 22.8. The molecule has 1 unspecified atom stereocenters. The average molecular weight is 448 g/mol. The van der Waals surface area contributed by atoms with Crippen molar-refractivity contribution in [2.45, 2.75) is 6.10 Å². The molecule has 3 heterocycles. The van der Waals surface area contributed by atoms with Gasteiger partial charge >= 0.3 is 5.63 Å². The summed E-state index contributed by atoms with van der Waals surface area (Å²) in [4.78, 5) is 21.0. The summed E-state index contributed by atoms with van der Waals surface area (Å²) < 4.78 is 30.1. The van der Waals surface area contributed by atoms with Crippen LogP contribution in [0.1, 0.15) is 11.7 Å². The standard InChI is InChI=1S/C24H21FN4O4/c1-31-20-10-14(25)2-4-17(20)19-6-7-27-24(29-19)28-15-3-5-16-18(22-13-26-8-9-32-22)12-23(30)33-21(16)11-15/h2-7,10-12,22,26H,8-9,13H2,1H3,(H,27,28,29). The lowest BCUT2D eigenvalue weighted by atomic mass is 10.0. The number of nitrogens with one attached hydrogen (secondary N) is 2. The highest BCUT2D eigenvalue weighted by atomic mass is 19.1. The van der Waals surface area contributed by atoms with Crippen LogP contribution in [0.3, 0.4) is 0 Å². The number of halogens is 1. The van der Waals surface area contributed by atoms with Crippen LogP contribution < -0.4 is 21.0 Å². The number of rotatable bonds is 5. The van der Waals surface area contributed by atoms with Gasteiger partial charge in [0.2, 0.25) is 5.95 Å². The maximum atomic E-state index is 13.6. The SMILES string of the molecule is COc1cc(F)ccc1-c1ccnc(Nc2ccc3c(C4CNCCO4)cc(=O)oc3c2)n1. The first-order chi connectivity index (χ1) is 16.1. The van der Waals surface area contributed by atoms with E-state index in [9.17, 15) is 9.18 Å². The van der Waals surface area contributed by atoms with Crippen molar-refractivity contribution in [3.8, 4) is 17.0 Å². The van der Waals surface area contributed by atoms with Crippen LogP contribution in [0.4, 0.5) is 16.0 Å². The van der Waals surface area contributed by atoms with E-state index in [4.69, 9.17) is 13.9 Å². The van der Waals surface area contributed by atoms with Crippen LogP contribution in [0.2, 0.25) is 0 Å². The van der Waals surface area contributed by atoms with Gasteiger partial charge < -0.3 is 24.5 Å². The van der Waals surface area contributed by atoms with Gasteiger partial charge in [0.05, 0.1) is 25.5 Å². The molecule has 0 bridgehead atoms. The summed E-state index contributed by atoms with van der Waals surface area (Å²) in [6, 6.07) is 12.9. The number of hydrogen-bond acceptors (Lipinski definition) is 8. The van der Waals surface area contributed by atoms with Gasteiger partial charge in [0.25, 0.3) is 0 Å². The van der Waals surface area contributed by atoms with E-state index < -0.39 is 11.4 Å². The van der Waals surface area contributed by atoms with Crippen molar-refractivity contribution in [1.29, 1.82) is 0 Å². The van der Waals surface area contributed by atoms with Crippen LogP contribution in [0.15, 0.2) is 63.9 Å². The fourth-order valence-corrected chi connectivity index (χ4v) is 3.87. The van der Waals surface area contributed by atoms with Gasteiger partial charge in [0.1, 0.15) is 17.1 Å². The Morgan fingerprint density at radius 3 is 2.91 bits per heavy atom. The third-order valence-electron chi connectivity index (χ3n) is 5.40. The van der Waals surface area contributed by atoms with Crippen molar-refractivity contribution < 1.29 is 18.3 Å². The molecule has 5 rings (SSSR count). The highest BCUT2D eigenvalue weighted by molar-refractivity contribution is 5.84. The fourth-order valence-electron chi connectivity index (χ4n) is 3.87. The first-order valence-electron chi connectivity index (χ1n) is 10.4. The van der Waals surface area contributed by atoms with Crippen LogP contribution >= 0.6 is 0 Å². The molecule has 2 N–H and O–H groups in total. The lowest BCUT2D eigenvalue weighted by Crippen LogP contribution is -2.33. The number of aromatic nitrogens is 2. The summed E-state index contributed by atoms with van der Waals surface area (Å²) in [5.41, 5.74) is 2.65. The van der Waals surface area contributed by atoms with Crippen LogP contribution in [-0.2, 0) is 4.74 Å². The summed E-state index contributed by atoms with van der Waals surface area (Å²) in [7, 11) is 1.48. The van der Waals surface area contributed by atoms with E-state index in [2.05, 4.69) is 20.6 Å². The topological polar surface area (TPSA) is 98.5 Å². The van der Waals surface area contributed by atoms with E-state index in [0.29, 0.717) is 47.4 Å². The summed E-state index contributed by atoms with van der Waals surface area (Å²) >= 11 is 0. The van der Waals surface area contributed by atoms with Crippen LogP contribution in [-0.4, -0.2) is 36.8 Å². The quantitative estimate of drug-likeness (QED) is 0.445. The van der Waals surface area contributed by atoms with Gasteiger partial charge in [-0.05, 0) is 30.3 Å². The van der Waals surface area contributed by atoms with Gasteiger partial charge in [0, 0.05) is 59.7 Å². The zero-order valence-corrected chi connectivity index (χ0v) is 17.8. The van der Waals surface area contributed by atoms with E-state index in [0.717, 1.165) is 17.5 Å². The molecular formula is C24H21FN4O4. The number of benzene rings is 2. The molecule has 0 amide bonds. The average Bonchev–Trinajstić information content (AvgIpc) is 2.84. The first-order valence-corrected chi connectivity index (χ1v) is 10.4. The molecule has 1 atom stereocenters. The van der Waals surface area contributed by atoms with Gasteiger partial charge in [-0.2, -0.15) is 0 Å². The number of methoxy groups -OCH3 is 1. The molecule has 1 saturated heterocycles. The van der Waals surface area contributed by atoms with E-state index in [1.54, 1.807) is 24.4 Å². The second-order valence-electron chi connectivity index (χ2n) is 7.53.